The zero-order chi connectivity index (χ0) is 22.9. The summed E-state index contributed by atoms with van der Waals surface area (Å²) in [7, 11) is 0. The zero-order valence-electron chi connectivity index (χ0n) is 18.0. The molecule has 1 aliphatic heterocycles. The molecule has 0 saturated heterocycles. The van der Waals surface area contributed by atoms with Gasteiger partial charge in [0, 0.05) is 37.9 Å². The number of carbonyl (C=O) groups is 3. The highest BCUT2D eigenvalue weighted by Crippen LogP contribution is 2.19. The van der Waals surface area contributed by atoms with Crippen LogP contribution in [-0.2, 0) is 28.9 Å². The van der Waals surface area contributed by atoms with E-state index in [0.717, 1.165) is 30.9 Å². The second-order valence-corrected chi connectivity index (χ2v) is 7.46. The molecule has 2 amide bonds. The summed E-state index contributed by atoms with van der Waals surface area (Å²) in [6.45, 7) is 3.19. The van der Waals surface area contributed by atoms with Gasteiger partial charge in [0.2, 0.25) is 0 Å². The topological polar surface area (TPSA) is 147 Å². The number of aryl methyl sites for hydroxylation is 3. The Labute approximate surface area is 185 Å². The number of carboxylic acids is 1. The SMILES string of the molecule is CCCOC(=O)N[C@@H](CNC(=O)c1cnn(CCc2ccc3c(n2)NCCC3)c1)C(=O)O. The van der Waals surface area contributed by atoms with Gasteiger partial charge < -0.3 is 25.8 Å². The third-order valence-corrected chi connectivity index (χ3v) is 4.94. The predicted octanol–water partition coefficient (Wildman–Crippen LogP) is 1.20. The lowest BCUT2D eigenvalue weighted by Gasteiger charge is -2.17. The van der Waals surface area contributed by atoms with E-state index < -0.39 is 24.0 Å². The van der Waals surface area contributed by atoms with Gasteiger partial charge in [0.25, 0.3) is 5.91 Å². The smallest absolute Gasteiger partial charge is 0.407 e. The summed E-state index contributed by atoms with van der Waals surface area (Å²) >= 11 is 0. The van der Waals surface area contributed by atoms with Gasteiger partial charge in [0.05, 0.1) is 18.4 Å². The van der Waals surface area contributed by atoms with Crippen LogP contribution in [0, 0.1) is 0 Å². The van der Waals surface area contributed by atoms with Gasteiger partial charge in [-0.3, -0.25) is 9.48 Å². The van der Waals surface area contributed by atoms with Gasteiger partial charge >= 0.3 is 12.1 Å². The number of carboxylic acid groups (broad SMARTS) is 1. The molecule has 2 aromatic rings. The Balaban J connectivity index is 1.49. The Bertz CT molecular complexity index is 960. The summed E-state index contributed by atoms with van der Waals surface area (Å²) in [5, 5.41) is 21.5. The Morgan fingerprint density at radius 2 is 2.19 bits per heavy atom. The Hall–Kier alpha value is -3.63. The Morgan fingerprint density at radius 3 is 2.97 bits per heavy atom. The summed E-state index contributed by atoms with van der Waals surface area (Å²) in [5.74, 6) is -0.821. The van der Waals surface area contributed by atoms with E-state index in [2.05, 4.69) is 32.1 Å². The molecule has 0 aromatic carbocycles. The maximum absolute atomic E-state index is 12.4. The molecule has 2 aromatic heterocycles. The van der Waals surface area contributed by atoms with E-state index in [0.29, 0.717) is 24.9 Å². The molecule has 1 atom stereocenters. The van der Waals surface area contributed by atoms with Crippen LogP contribution in [0.5, 0.6) is 0 Å². The molecule has 11 nitrogen and oxygen atoms in total. The van der Waals surface area contributed by atoms with Crippen molar-refractivity contribution in [3.05, 3.63) is 41.3 Å². The fourth-order valence-corrected chi connectivity index (χ4v) is 3.22. The Kier molecular flexibility index (Phi) is 8.01. The van der Waals surface area contributed by atoms with Crippen molar-refractivity contribution < 1.29 is 24.2 Å². The average molecular weight is 444 g/mol. The number of hydrogen-bond donors (Lipinski definition) is 4. The third-order valence-electron chi connectivity index (χ3n) is 4.94. The van der Waals surface area contributed by atoms with Crippen molar-refractivity contribution >= 4 is 23.8 Å². The van der Waals surface area contributed by atoms with Crippen molar-refractivity contribution in [3.8, 4) is 0 Å². The van der Waals surface area contributed by atoms with Crippen LogP contribution in [0.2, 0.25) is 0 Å². The monoisotopic (exact) mass is 444 g/mol. The lowest BCUT2D eigenvalue weighted by molar-refractivity contribution is -0.139. The predicted molar refractivity (Wildman–Crippen MR) is 116 cm³/mol. The largest absolute Gasteiger partial charge is 0.480 e. The van der Waals surface area contributed by atoms with Crippen LogP contribution in [0.15, 0.2) is 24.5 Å². The van der Waals surface area contributed by atoms with Gasteiger partial charge in [-0.2, -0.15) is 5.10 Å². The molecule has 0 spiro atoms. The van der Waals surface area contributed by atoms with Crippen molar-refractivity contribution in [3.63, 3.8) is 0 Å². The molecular formula is C21H28N6O5. The molecule has 0 aliphatic carbocycles. The molecule has 11 heteroatoms. The maximum atomic E-state index is 12.4. The van der Waals surface area contributed by atoms with E-state index in [1.54, 1.807) is 10.9 Å². The van der Waals surface area contributed by atoms with E-state index in [1.807, 2.05) is 13.0 Å². The average Bonchev–Trinajstić information content (AvgIpc) is 3.27. The van der Waals surface area contributed by atoms with Gasteiger partial charge in [0.15, 0.2) is 0 Å². The van der Waals surface area contributed by atoms with Gasteiger partial charge in [-0.25, -0.2) is 14.6 Å². The van der Waals surface area contributed by atoms with Crippen LogP contribution in [0.3, 0.4) is 0 Å². The molecule has 3 rings (SSSR count). The number of fused-ring (bicyclic) bond motifs is 1. The zero-order valence-corrected chi connectivity index (χ0v) is 18.0. The van der Waals surface area contributed by atoms with Crippen LogP contribution in [-0.4, -0.2) is 63.6 Å². The number of nitrogens with zero attached hydrogens (tertiary/aromatic N) is 3. The van der Waals surface area contributed by atoms with E-state index in [1.165, 1.54) is 11.8 Å². The molecule has 4 N–H and O–H groups in total. The van der Waals surface area contributed by atoms with Crippen LogP contribution >= 0.6 is 0 Å². The molecule has 32 heavy (non-hydrogen) atoms. The number of aliphatic carboxylic acids is 1. The summed E-state index contributed by atoms with van der Waals surface area (Å²) < 4.78 is 6.45. The maximum Gasteiger partial charge on any atom is 0.407 e. The van der Waals surface area contributed by atoms with Gasteiger partial charge in [-0.05, 0) is 30.9 Å². The summed E-state index contributed by atoms with van der Waals surface area (Å²) in [6.07, 6.45) is 5.57. The number of pyridine rings is 1. The van der Waals surface area contributed by atoms with Gasteiger partial charge in [0.1, 0.15) is 11.9 Å². The highest BCUT2D eigenvalue weighted by Gasteiger charge is 2.22. The highest BCUT2D eigenvalue weighted by atomic mass is 16.5. The fraction of sp³-hybridized carbons (Fsp3) is 0.476. The molecular weight excluding hydrogens is 416 g/mol. The lowest BCUT2D eigenvalue weighted by atomic mass is 10.1. The highest BCUT2D eigenvalue weighted by molar-refractivity contribution is 5.94. The van der Waals surface area contributed by atoms with E-state index in [4.69, 9.17) is 4.74 Å². The van der Waals surface area contributed by atoms with Crippen molar-refractivity contribution in [1.82, 2.24) is 25.4 Å². The third kappa shape index (κ3) is 6.43. The van der Waals surface area contributed by atoms with Crippen LogP contribution in [0.25, 0.3) is 0 Å². The van der Waals surface area contributed by atoms with Crippen LogP contribution in [0.1, 0.15) is 41.4 Å². The summed E-state index contributed by atoms with van der Waals surface area (Å²) in [6, 6.07) is 2.80. The number of ether oxygens (including phenoxy) is 1. The fourth-order valence-electron chi connectivity index (χ4n) is 3.22. The standard InChI is InChI=1S/C21H28N6O5/c1-2-10-32-21(31)26-17(20(29)30)12-23-19(28)15-11-24-27(13-15)9-7-16-6-5-14-4-3-8-22-18(14)25-16/h5-6,11,13,17H,2-4,7-10,12H2,1H3,(H,22,25)(H,23,28)(H,26,31)(H,29,30)/t17-/m0/s1. The molecule has 1 aliphatic rings. The van der Waals surface area contributed by atoms with Crippen molar-refractivity contribution in [2.24, 2.45) is 0 Å². The van der Waals surface area contributed by atoms with Crippen LogP contribution < -0.4 is 16.0 Å². The molecule has 172 valence electrons. The first kappa shape index (κ1) is 23.0. The van der Waals surface area contributed by atoms with Crippen molar-refractivity contribution in [2.75, 3.05) is 25.0 Å². The first-order chi connectivity index (χ1) is 15.5. The first-order valence-electron chi connectivity index (χ1n) is 10.7. The molecule has 0 unspecified atom stereocenters. The Morgan fingerprint density at radius 1 is 1.34 bits per heavy atom. The van der Waals surface area contributed by atoms with Crippen LogP contribution in [0.4, 0.5) is 10.6 Å². The quantitative estimate of drug-likeness (QED) is 0.427. The van der Waals surface area contributed by atoms with Crippen molar-refractivity contribution in [2.45, 2.75) is 45.2 Å². The van der Waals surface area contributed by atoms with Gasteiger partial charge in [-0.15, -0.1) is 0 Å². The minimum absolute atomic E-state index is 0.182. The normalized spacial score (nSPS) is 13.4. The van der Waals surface area contributed by atoms with Crippen molar-refractivity contribution in [1.29, 1.82) is 0 Å². The number of carbonyl (C=O) groups excluding carboxylic acids is 2. The van der Waals surface area contributed by atoms with E-state index >= 15 is 0 Å². The first-order valence-corrected chi connectivity index (χ1v) is 10.7. The molecule has 0 saturated carbocycles. The van der Waals surface area contributed by atoms with E-state index in [9.17, 15) is 19.5 Å². The number of anilines is 1. The summed E-state index contributed by atoms with van der Waals surface area (Å²) in [4.78, 5) is 39.9. The molecule has 3 heterocycles. The summed E-state index contributed by atoms with van der Waals surface area (Å²) in [5.41, 5.74) is 2.46. The number of hydrogen-bond acceptors (Lipinski definition) is 7. The second-order valence-electron chi connectivity index (χ2n) is 7.46. The van der Waals surface area contributed by atoms with E-state index in [-0.39, 0.29) is 13.2 Å². The minimum Gasteiger partial charge on any atom is -0.480 e. The number of aromatic nitrogens is 3. The minimum atomic E-state index is -1.30. The number of rotatable bonds is 10. The second kappa shape index (κ2) is 11.1. The molecule has 0 bridgehead atoms. The number of amides is 2. The number of nitrogens with one attached hydrogen (secondary N) is 3. The van der Waals surface area contributed by atoms with Gasteiger partial charge in [-0.1, -0.05) is 13.0 Å². The number of alkyl carbamates (subject to hydrolysis) is 1. The molecule has 0 fully saturated rings. The molecule has 0 radical (unpaired) electrons. The lowest BCUT2D eigenvalue weighted by Crippen LogP contribution is -2.48.